The molecule has 1 saturated heterocycles. The second-order valence-electron chi connectivity index (χ2n) is 3.86. The molecule has 0 aromatic carbocycles. The molecule has 1 aliphatic rings. The van der Waals surface area contributed by atoms with E-state index in [1.165, 1.54) is 6.08 Å². The summed E-state index contributed by atoms with van der Waals surface area (Å²) in [7, 11) is 0. The third kappa shape index (κ3) is 3.61. The van der Waals surface area contributed by atoms with Crippen LogP contribution in [-0.2, 0) is 4.79 Å². The number of nitrogens with one attached hydrogen (secondary N) is 1. The maximum Gasteiger partial charge on any atom is 0.290 e. The van der Waals surface area contributed by atoms with Gasteiger partial charge in [-0.3, -0.25) is 14.9 Å². The molecule has 0 saturated carbocycles. The maximum absolute atomic E-state index is 11.4. The molecule has 102 valence electrons. The van der Waals surface area contributed by atoms with Crippen LogP contribution in [0, 0.1) is 0 Å². The van der Waals surface area contributed by atoms with Crippen LogP contribution in [0.15, 0.2) is 51.2 Å². The summed E-state index contributed by atoms with van der Waals surface area (Å²) in [4.78, 5) is 22.8. The SMILES string of the molecule is C=C(Br)/C=C\C(=C)c1ccc(/C=C2/SC(=O)NC2=O)o1. The monoisotopic (exact) mass is 351 g/mol. The van der Waals surface area contributed by atoms with Crippen LogP contribution in [0.4, 0.5) is 4.79 Å². The van der Waals surface area contributed by atoms with Crippen molar-refractivity contribution in [1.29, 1.82) is 0 Å². The molecule has 2 heterocycles. The van der Waals surface area contributed by atoms with Crippen molar-refractivity contribution in [3.63, 3.8) is 0 Å². The fourth-order valence-corrected chi connectivity index (χ4v) is 2.22. The van der Waals surface area contributed by atoms with E-state index in [4.69, 9.17) is 4.42 Å². The van der Waals surface area contributed by atoms with Gasteiger partial charge in [0, 0.05) is 16.1 Å². The lowest BCUT2D eigenvalue weighted by atomic mass is 10.2. The Morgan fingerprint density at radius 2 is 2.05 bits per heavy atom. The van der Waals surface area contributed by atoms with Crippen LogP contribution in [0.1, 0.15) is 11.5 Å². The van der Waals surface area contributed by atoms with Gasteiger partial charge >= 0.3 is 0 Å². The second kappa shape index (κ2) is 6.11. The van der Waals surface area contributed by atoms with E-state index in [2.05, 4.69) is 34.4 Å². The first-order chi connectivity index (χ1) is 9.45. The van der Waals surface area contributed by atoms with E-state index in [0.29, 0.717) is 22.0 Å². The Kier molecular flexibility index (Phi) is 4.46. The molecule has 6 heteroatoms. The van der Waals surface area contributed by atoms with Crippen molar-refractivity contribution >= 4 is 50.5 Å². The van der Waals surface area contributed by atoms with Crippen LogP contribution >= 0.6 is 27.7 Å². The minimum atomic E-state index is -0.410. The van der Waals surface area contributed by atoms with Crippen LogP contribution in [0.2, 0.25) is 0 Å². The van der Waals surface area contributed by atoms with Crippen molar-refractivity contribution in [2.75, 3.05) is 0 Å². The number of carbonyl (C=O) groups is 2. The van der Waals surface area contributed by atoms with Gasteiger partial charge in [-0.05, 0) is 30.0 Å². The fourth-order valence-electron chi connectivity index (χ4n) is 1.43. The van der Waals surface area contributed by atoms with Gasteiger partial charge in [-0.25, -0.2) is 0 Å². The number of furan rings is 1. The Bertz CT molecular complexity index is 670. The number of carbonyl (C=O) groups excluding carboxylic acids is 2. The molecule has 1 fully saturated rings. The number of allylic oxidation sites excluding steroid dienone is 4. The summed E-state index contributed by atoms with van der Waals surface area (Å²) in [6.45, 7) is 7.55. The Balaban J connectivity index is 2.15. The molecule has 1 N–H and O–H groups in total. The van der Waals surface area contributed by atoms with Crippen LogP contribution in [0.25, 0.3) is 11.6 Å². The van der Waals surface area contributed by atoms with E-state index in [-0.39, 0.29) is 5.24 Å². The van der Waals surface area contributed by atoms with Crippen LogP contribution in [0.5, 0.6) is 0 Å². The molecule has 1 aromatic rings. The molecule has 20 heavy (non-hydrogen) atoms. The van der Waals surface area contributed by atoms with Gasteiger partial charge in [0.25, 0.3) is 11.1 Å². The lowest BCUT2D eigenvalue weighted by Crippen LogP contribution is -2.17. The van der Waals surface area contributed by atoms with Gasteiger partial charge in [0.05, 0.1) is 4.91 Å². The van der Waals surface area contributed by atoms with Crippen LogP contribution < -0.4 is 5.32 Å². The Morgan fingerprint density at radius 3 is 2.65 bits per heavy atom. The summed E-state index contributed by atoms with van der Waals surface area (Å²) in [5.74, 6) is 0.656. The third-order valence-electron chi connectivity index (χ3n) is 2.32. The van der Waals surface area contributed by atoms with Gasteiger partial charge in [0.2, 0.25) is 0 Å². The molecular formula is C14H10BrNO3S. The topological polar surface area (TPSA) is 59.3 Å². The first-order valence-electron chi connectivity index (χ1n) is 5.52. The van der Waals surface area contributed by atoms with Crippen molar-refractivity contribution in [3.05, 3.63) is 58.4 Å². The van der Waals surface area contributed by atoms with Crippen molar-refractivity contribution in [2.24, 2.45) is 0 Å². The van der Waals surface area contributed by atoms with E-state index < -0.39 is 5.91 Å². The zero-order valence-electron chi connectivity index (χ0n) is 10.3. The lowest BCUT2D eigenvalue weighted by molar-refractivity contribution is -0.115. The highest BCUT2D eigenvalue weighted by atomic mass is 79.9. The smallest absolute Gasteiger partial charge is 0.290 e. The second-order valence-corrected chi connectivity index (χ2v) is 5.89. The van der Waals surface area contributed by atoms with E-state index in [1.54, 1.807) is 24.3 Å². The molecular weight excluding hydrogens is 342 g/mol. The molecule has 2 amide bonds. The number of halogens is 1. The molecule has 0 atom stereocenters. The Labute approximate surface area is 128 Å². The largest absolute Gasteiger partial charge is 0.457 e. The van der Waals surface area contributed by atoms with Gasteiger partial charge in [0.1, 0.15) is 11.5 Å². The van der Waals surface area contributed by atoms with Crippen molar-refractivity contribution in [3.8, 4) is 0 Å². The highest BCUT2D eigenvalue weighted by molar-refractivity contribution is 9.11. The Hall–Kier alpha value is -1.79. The highest BCUT2D eigenvalue weighted by Gasteiger charge is 2.25. The summed E-state index contributed by atoms with van der Waals surface area (Å²) in [6, 6.07) is 3.45. The first kappa shape index (κ1) is 14.6. The Morgan fingerprint density at radius 1 is 1.30 bits per heavy atom. The van der Waals surface area contributed by atoms with Crippen molar-refractivity contribution in [1.82, 2.24) is 5.32 Å². The van der Waals surface area contributed by atoms with Gasteiger partial charge in [-0.1, -0.05) is 35.2 Å². The molecule has 0 unspecified atom stereocenters. The number of imide groups is 1. The fraction of sp³-hybridized carbons (Fsp3) is 0. The predicted octanol–water partition coefficient (Wildman–Crippen LogP) is 4.08. The summed E-state index contributed by atoms with van der Waals surface area (Å²) >= 11 is 4.06. The minimum Gasteiger partial charge on any atom is -0.457 e. The maximum atomic E-state index is 11.4. The average molecular weight is 352 g/mol. The van der Waals surface area contributed by atoms with Crippen molar-refractivity contribution in [2.45, 2.75) is 0 Å². The number of amides is 2. The summed E-state index contributed by atoms with van der Waals surface area (Å²) in [5.41, 5.74) is 0.676. The quantitative estimate of drug-likeness (QED) is 0.655. The molecule has 4 nitrogen and oxygen atoms in total. The lowest BCUT2D eigenvalue weighted by Gasteiger charge is -1.94. The number of rotatable bonds is 4. The number of thioether (sulfide) groups is 1. The molecule has 0 bridgehead atoms. The average Bonchev–Trinajstić information content (AvgIpc) is 2.94. The highest BCUT2D eigenvalue weighted by Crippen LogP contribution is 2.27. The van der Waals surface area contributed by atoms with Crippen molar-refractivity contribution < 1.29 is 14.0 Å². The van der Waals surface area contributed by atoms with E-state index in [1.807, 2.05) is 0 Å². The van der Waals surface area contributed by atoms with Crippen LogP contribution in [0.3, 0.4) is 0 Å². The van der Waals surface area contributed by atoms with Gasteiger partial charge < -0.3 is 4.42 Å². The van der Waals surface area contributed by atoms with Gasteiger partial charge in [-0.15, -0.1) is 0 Å². The normalized spacial score (nSPS) is 16.9. The van der Waals surface area contributed by atoms with E-state index in [0.717, 1.165) is 16.2 Å². The predicted molar refractivity (Wildman–Crippen MR) is 84.1 cm³/mol. The standard InChI is InChI=1S/C14H10BrNO3S/c1-8(3-4-9(2)15)11-6-5-10(19-11)7-12-13(17)16-14(18)20-12/h3-7H,1-2H2,(H,16,17,18)/b4-3-,12-7+. The number of hydrogen-bond donors (Lipinski definition) is 1. The molecule has 0 aliphatic carbocycles. The summed E-state index contributed by atoms with van der Waals surface area (Å²) < 4.78 is 6.27. The zero-order chi connectivity index (χ0) is 14.7. The van der Waals surface area contributed by atoms with E-state index in [9.17, 15) is 9.59 Å². The molecule has 0 spiro atoms. The summed E-state index contributed by atoms with van der Waals surface area (Å²) in [5, 5.41) is 1.80. The summed E-state index contributed by atoms with van der Waals surface area (Å²) in [6.07, 6.45) is 5.03. The molecule has 1 aromatic heterocycles. The molecule has 2 rings (SSSR count). The van der Waals surface area contributed by atoms with Crippen LogP contribution in [-0.4, -0.2) is 11.1 Å². The molecule has 1 aliphatic heterocycles. The first-order valence-corrected chi connectivity index (χ1v) is 7.13. The van der Waals surface area contributed by atoms with E-state index >= 15 is 0 Å². The third-order valence-corrected chi connectivity index (χ3v) is 3.40. The zero-order valence-corrected chi connectivity index (χ0v) is 12.7. The molecule has 0 radical (unpaired) electrons. The number of hydrogen-bond acceptors (Lipinski definition) is 4. The van der Waals surface area contributed by atoms with Gasteiger partial charge in [-0.2, -0.15) is 0 Å². The minimum absolute atomic E-state index is 0.311. The van der Waals surface area contributed by atoms with Gasteiger partial charge in [0.15, 0.2) is 0 Å².